The van der Waals surface area contributed by atoms with E-state index in [1.54, 1.807) is 0 Å². The number of rotatable bonds is 3. The molecule has 0 spiro atoms. The first-order valence-electron chi connectivity index (χ1n) is 10.7. The third-order valence-electron chi connectivity index (χ3n) is 5.86. The first-order chi connectivity index (χ1) is 16.2. The fraction of sp³-hybridized carbons (Fsp3) is 0. The van der Waals surface area contributed by atoms with Gasteiger partial charge < -0.3 is 0 Å². The summed E-state index contributed by atoms with van der Waals surface area (Å²) in [4.78, 5) is 13.5. The SMILES string of the molecule is Clc1nc(-c2ccc(-c3cccc4ccccc34)cc2)nc(-c2ccc3ccccc3c2)n1. The molecular formula is C29H18ClN3. The zero-order chi connectivity index (χ0) is 22.2. The van der Waals surface area contributed by atoms with E-state index in [0.29, 0.717) is 11.6 Å². The number of benzene rings is 5. The van der Waals surface area contributed by atoms with Crippen LogP contribution in [0.5, 0.6) is 0 Å². The van der Waals surface area contributed by atoms with E-state index in [1.165, 1.54) is 21.7 Å². The molecule has 3 nitrogen and oxygen atoms in total. The summed E-state index contributed by atoms with van der Waals surface area (Å²) in [6, 6.07) is 37.4. The van der Waals surface area contributed by atoms with Crippen LogP contribution in [-0.2, 0) is 0 Å². The van der Waals surface area contributed by atoms with Crippen LogP contribution in [-0.4, -0.2) is 15.0 Å². The van der Waals surface area contributed by atoms with Gasteiger partial charge in [-0.15, -0.1) is 0 Å². The van der Waals surface area contributed by atoms with E-state index in [2.05, 4.69) is 88.8 Å². The second kappa shape index (κ2) is 8.12. The molecule has 0 radical (unpaired) electrons. The van der Waals surface area contributed by atoms with Crippen LogP contribution in [0, 0.1) is 0 Å². The maximum absolute atomic E-state index is 6.30. The lowest BCUT2D eigenvalue weighted by atomic mass is 9.97. The topological polar surface area (TPSA) is 38.7 Å². The van der Waals surface area contributed by atoms with Gasteiger partial charge in [-0.25, -0.2) is 4.98 Å². The molecule has 0 aliphatic carbocycles. The minimum Gasteiger partial charge on any atom is -0.208 e. The molecule has 0 saturated heterocycles. The molecule has 4 heteroatoms. The van der Waals surface area contributed by atoms with Crippen molar-refractivity contribution in [3.63, 3.8) is 0 Å². The molecule has 0 aliphatic rings. The van der Waals surface area contributed by atoms with Crippen molar-refractivity contribution in [2.24, 2.45) is 0 Å². The standard InChI is InChI=1S/C29H18ClN3/c30-29-32-27(31-28(33-29)24-17-12-19-6-1-2-8-23(19)18-24)22-15-13-21(14-16-22)26-11-5-9-20-7-3-4-10-25(20)26/h1-18H. The fourth-order valence-corrected chi connectivity index (χ4v) is 4.37. The number of halogens is 1. The number of aromatic nitrogens is 3. The summed E-state index contributed by atoms with van der Waals surface area (Å²) in [6.07, 6.45) is 0. The zero-order valence-electron chi connectivity index (χ0n) is 17.6. The van der Waals surface area contributed by atoms with Crippen molar-refractivity contribution in [2.75, 3.05) is 0 Å². The molecule has 1 aromatic heterocycles. The van der Waals surface area contributed by atoms with E-state index in [9.17, 15) is 0 Å². The number of nitrogens with zero attached hydrogens (tertiary/aromatic N) is 3. The normalized spacial score (nSPS) is 11.2. The summed E-state index contributed by atoms with van der Waals surface area (Å²) in [6.45, 7) is 0. The highest BCUT2D eigenvalue weighted by molar-refractivity contribution is 6.28. The number of fused-ring (bicyclic) bond motifs is 2. The van der Waals surface area contributed by atoms with E-state index in [4.69, 9.17) is 16.6 Å². The molecular weight excluding hydrogens is 426 g/mol. The molecule has 33 heavy (non-hydrogen) atoms. The van der Waals surface area contributed by atoms with Crippen LogP contribution < -0.4 is 0 Å². The summed E-state index contributed by atoms with van der Waals surface area (Å²) in [5, 5.41) is 4.94. The monoisotopic (exact) mass is 443 g/mol. The third-order valence-corrected chi connectivity index (χ3v) is 6.03. The van der Waals surface area contributed by atoms with Gasteiger partial charge in [0, 0.05) is 11.1 Å². The Bertz CT molecular complexity index is 1620. The molecule has 156 valence electrons. The van der Waals surface area contributed by atoms with Gasteiger partial charge in [-0.1, -0.05) is 103 Å². The highest BCUT2D eigenvalue weighted by Gasteiger charge is 2.11. The molecule has 0 N–H and O–H groups in total. The van der Waals surface area contributed by atoms with Crippen molar-refractivity contribution in [3.8, 4) is 33.9 Å². The molecule has 0 atom stereocenters. The molecule has 0 aliphatic heterocycles. The predicted molar refractivity (Wildman–Crippen MR) is 136 cm³/mol. The highest BCUT2D eigenvalue weighted by atomic mass is 35.5. The van der Waals surface area contributed by atoms with Crippen molar-refractivity contribution in [1.29, 1.82) is 0 Å². The van der Waals surface area contributed by atoms with Gasteiger partial charge in [-0.2, -0.15) is 9.97 Å². The summed E-state index contributed by atoms with van der Waals surface area (Å²) in [5.41, 5.74) is 4.15. The Kier molecular flexibility index (Phi) is 4.82. The van der Waals surface area contributed by atoms with E-state index >= 15 is 0 Å². The lowest BCUT2D eigenvalue weighted by Crippen LogP contribution is -1.97. The van der Waals surface area contributed by atoms with Crippen LogP contribution in [0.3, 0.4) is 0 Å². The Morgan fingerprint density at radius 2 is 1.06 bits per heavy atom. The molecule has 6 aromatic rings. The molecule has 0 unspecified atom stereocenters. The Hall–Kier alpha value is -4.08. The van der Waals surface area contributed by atoms with Crippen molar-refractivity contribution < 1.29 is 0 Å². The predicted octanol–water partition coefficient (Wildman–Crippen LogP) is 7.83. The molecule has 0 amide bonds. The molecule has 5 aromatic carbocycles. The quantitative estimate of drug-likeness (QED) is 0.279. The Balaban J connectivity index is 1.39. The van der Waals surface area contributed by atoms with Gasteiger partial charge in [0.1, 0.15) is 0 Å². The maximum atomic E-state index is 6.30. The van der Waals surface area contributed by atoms with Gasteiger partial charge in [0.25, 0.3) is 0 Å². The molecule has 0 saturated carbocycles. The number of hydrogen-bond donors (Lipinski definition) is 0. The van der Waals surface area contributed by atoms with E-state index in [0.717, 1.165) is 22.1 Å². The lowest BCUT2D eigenvalue weighted by molar-refractivity contribution is 1.07. The smallest absolute Gasteiger partial charge is 0.208 e. The van der Waals surface area contributed by atoms with Crippen molar-refractivity contribution in [1.82, 2.24) is 15.0 Å². The van der Waals surface area contributed by atoms with Crippen LogP contribution in [0.4, 0.5) is 0 Å². The van der Waals surface area contributed by atoms with Crippen LogP contribution in [0.1, 0.15) is 0 Å². The largest absolute Gasteiger partial charge is 0.226 e. The first kappa shape index (κ1) is 19.6. The van der Waals surface area contributed by atoms with Gasteiger partial charge in [0.05, 0.1) is 0 Å². The number of hydrogen-bond acceptors (Lipinski definition) is 3. The maximum Gasteiger partial charge on any atom is 0.226 e. The van der Waals surface area contributed by atoms with Crippen molar-refractivity contribution in [3.05, 3.63) is 114 Å². The molecule has 6 rings (SSSR count). The minimum absolute atomic E-state index is 0.182. The van der Waals surface area contributed by atoms with Crippen molar-refractivity contribution in [2.45, 2.75) is 0 Å². The molecule has 0 fully saturated rings. The highest BCUT2D eigenvalue weighted by Crippen LogP contribution is 2.31. The summed E-state index contributed by atoms with van der Waals surface area (Å²) in [5.74, 6) is 1.12. The van der Waals surface area contributed by atoms with Crippen LogP contribution >= 0.6 is 11.6 Å². The second-order valence-electron chi connectivity index (χ2n) is 7.92. The van der Waals surface area contributed by atoms with E-state index in [1.807, 2.05) is 30.3 Å². The van der Waals surface area contributed by atoms with E-state index < -0.39 is 0 Å². The zero-order valence-corrected chi connectivity index (χ0v) is 18.4. The average Bonchev–Trinajstić information content (AvgIpc) is 2.88. The average molecular weight is 444 g/mol. The Morgan fingerprint density at radius 3 is 1.88 bits per heavy atom. The van der Waals surface area contributed by atoms with E-state index in [-0.39, 0.29) is 5.28 Å². The second-order valence-corrected chi connectivity index (χ2v) is 8.26. The fourth-order valence-electron chi connectivity index (χ4n) is 4.21. The Morgan fingerprint density at radius 1 is 0.455 bits per heavy atom. The van der Waals surface area contributed by atoms with Crippen LogP contribution in [0.2, 0.25) is 5.28 Å². The van der Waals surface area contributed by atoms with Gasteiger partial charge in [0.2, 0.25) is 5.28 Å². The van der Waals surface area contributed by atoms with Crippen molar-refractivity contribution >= 4 is 33.1 Å². The molecule has 0 bridgehead atoms. The summed E-state index contributed by atoms with van der Waals surface area (Å²) >= 11 is 6.30. The Labute approximate surface area is 196 Å². The molecule has 1 heterocycles. The summed E-state index contributed by atoms with van der Waals surface area (Å²) < 4.78 is 0. The van der Waals surface area contributed by atoms with Gasteiger partial charge in [-0.05, 0) is 50.3 Å². The third kappa shape index (κ3) is 3.73. The van der Waals surface area contributed by atoms with Crippen LogP contribution in [0.25, 0.3) is 55.4 Å². The van der Waals surface area contributed by atoms with Gasteiger partial charge >= 0.3 is 0 Å². The van der Waals surface area contributed by atoms with Crippen LogP contribution in [0.15, 0.2) is 109 Å². The first-order valence-corrected chi connectivity index (χ1v) is 11.1. The minimum atomic E-state index is 0.182. The lowest BCUT2D eigenvalue weighted by Gasteiger charge is -2.09. The summed E-state index contributed by atoms with van der Waals surface area (Å²) in [7, 11) is 0. The van der Waals surface area contributed by atoms with Gasteiger partial charge in [-0.3, -0.25) is 0 Å². The van der Waals surface area contributed by atoms with Gasteiger partial charge in [0.15, 0.2) is 11.6 Å².